The summed E-state index contributed by atoms with van der Waals surface area (Å²) in [6.07, 6.45) is 5.18. The fraction of sp³-hybridized carbons (Fsp3) is 0.583. The molecule has 0 spiro atoms. The van der Waals surface area contributed by atoms with Gasteiger partial charge in [-0.2, -0.15) is 0 Å². The molecule has 0 radical (unpaired) electrons. The average Bonchev–Trinajstić information content (AvgIpc) is 3.19. The second-order valence-electron chi connectivity index (χ2n) is 5.45. The summed E-state index contributed by atoms with van der Waals surface area (Å²) in [6.45, 7) is 0. The molecular weight excluding hydrogens is 248 g/mol. The van der Waals surface area contributed by atoms with E-state index in [2.05, 4.69) is 19.9 Å². The van der Waals surface area contributed by atoms with E-state index in [0.717, 1.165) is 17.7 Å². The first-order chi connectivity index (χ1) is 8.72. The van der Waals surface area contributed by atoms with Crippen LogP contribution in [0.4, 0.5) is 0 Å². The predicted molar refractivity (Wildman–Crippen MR) is 70.1 cm³/mol. The molecule has 4 rings (SSSR count). The monoisotopic (exact) mass is 262 g/mol. The van der Waals surface area contributed by atoms with Crippen molar-refractivity contribution in [2.45, 2.75) is 31.6 Å². The number of imidazole rings is 1. The second-order valence-corrected chi connectivity index (χ2v) is 5.86. The summed E-state index contributed by atoms with van der Waals surface area (Å²) < 4.78 is 0.333. The van der Waals surface area contributed by atoms with Crippen LogP contribution in [0.5, 0.6) is 0 Å². The van der Waals surface area contributed by atoms with Crippen LogP contribution in [0.25, 0.3) is 11.2 Å². The zero-order chi connectivity index (χ0) is 12.3. The Labute approximate surface area is 108 Å². The van der Waals surface area contributed by atoms with Gasteiger partial charge in [0.15, 0.2) is 10.4 Å². The van der Waals surface area contributed by atoms with Crippen molar-refractivity contribution in [3.63, 3.8) is 0 Å². The van der Waals surface area contributed by atoms with Crippen LogP contribution in [-0.4, -0.2) is 19.9 Å². The first-order valence-electron chi connectivity index (χ1n) is 6.44. The van der Waals surface area contributed by atoms with Crippen molar-refractivity contribution in [3.8, 4) is 0 Å². The Morgan fingerprint density at radius 3 is 2.39 bits per heavy atom. The molecule has 2 aliphatic carbocycles. The number of hydrogen-bond donors (Lipinski definition) is 3. The lowest BCUT2D eigenvalue weighted by Gasteiger charge is -2.11. The van der Waals surface area contributed by atoms with E-state index in [4.69, 9.17) is 12.2 Å². The third-order valence-electron chi connectivity index (χ3n) is 3.98. The molecule has 2 aromatic rings. The highest BCUT2D eigenvalue weighted by Gasteiger charge is 2.43. The number of nitrogens with one attached hydrogen (secondary N) is 3. The minimum absolute atomic E-state index is 0.183. The smallest absolute Gasteiger partial charge is 0.277 e. The lowest BCUT2D eigenvalue weighted by Crippen LogP contribution is -2.08. The van der Waals surface area contributed by atoms with Crippen molar-refractivity contribution < 1.29 is 0 Å². The third-order valence-corrected chi connectivity index (χ3v) is 4.19. The minimum Gasteiger partial charge on any atom is -0.336 e. The van der Waals surface area contributed by atoms with Crippen molar-refractivity contribution in [3.05, 3.63) is 20.9 Å². The van der Waals surface area contributed by atoms with Gasteiger partial charge in [-0.05, 0) is 49.7 Å². The van der Waals surface area contributed by atoms with E-state index < -0.39 is 0 Å². The van der Waals surface area contributed by atoms with Crippen LogP contribution in [0, 0.1) is 16.6 Å². The maximum atomic E-state index is 11.8. The maximum Gasteiger partial charge on any atom is 0.277 e. The van der Waals surface area contributed by atoms with Crippen LogP contribution in [-0.2, 0) is 0 Å². The van der Waals surface area contributed by atoms with Crippen molar-refractivity contribution in [1.82, 2.24) is 19.9 Å². The first-order valence-corrected chi connectivity index (χ1v) is 6.85. The highest BCUT2D eigenvalue weighted by atomic mass is 32.1. The van der Waals surface area contributed by atoms with E-state index in [1.165, 1.54) is 25.7 Å². The standard InChI is InChI=1S/C12H14N4OS/c17-11-8-10(15-12(18)16-11)14-9(13-8)7(5-1-2-5)6-3-4-6/h5-7H,1-4H2,(H3,13,14,15,16,17,18). The predicted octanol–water partition coefficient (Wildman–Crippen LogP) is 2.21. The quantitative estimate of drug-likeness (QED) is 0.742. The van der Waals surface area contributed by atoms with Gasteiger partial charge >= 0.3 is 0 Å². The number of aromatic amines is 3. The van der Waals surface area contributed by atoms with Crippen LogP contribution in [0.3, 0.4) is 0 Å². The topological polar surface area (TPSA) is 77.3 Å². The van der Waals surface area contributed by atoms with Gasteiger partial charge in [-0.1, -0.05) is 0 Å². The molecule has 2 aromatic heterocycles. The lowest BCUT2D eigenvalue weighted by molar-refractivity contribution is 0.514. The zero-order valence-electron chi connectivity index (χ0n) is 9.82. The molecule has 18 heavy (non-hydrogen) atoms. The first kappa shape index (κ1) is 10.5. The van der Waals surface area contributed by atoms with Crippen LogP contribution < -0.4 is 5.56 Å². The van der Waals surface area contributed by atoms with E-state index in [9.17, 15) is 4.79 Å². The molecule has 2 heterocycles. The number of nitrogens with zero attached hydrogens (tertiary/aromatic N) is 1. The summed E-state index contributed by atoms with van der Waals surface area (Å²) in [5, 5.41) is 0. The Kier molecular flexibility index (Phi) is 2.06. The lowest BCUT2D eigenvalue weighted by atomic mass is 9.97. The van der Waals surface area contributed by atoms with Crippen LogP contribution >= 0.6 is 12.2 Å². The minimum atomic E-state index is -0.183. The Morgan fingerprint density at radius 2 is 1.78 bits per heavy atom. The molecule has 2 fully saturated rings. The van der Waals surface area contributed by atoms with Gasteiger partial charge in [-0.3, -0.25) is 9.78 Å². The number of rotatable bonds is 3. The van der Waals surface area contributed by atoms with Crippen LogP contribution in [0.15, 0.2) is 4.79 Å². The summed E-state index contributed by atoms with van der Waals surface area (Å²) in [5.74, 6) is 3.01. The van der Waals surface area contributed by atoms with Crippen molar-refractivity contribution >= 4 is 23.4 Å². The maximum absolute atomic E-state index is 11.8. The van der Waals surface area contributed by atoms with Gasteiger partial charge in [0.25, 0.3) is 5.56 Å². The molecular formula is C12H14N4OS. The van der Waals surface area contributed by atoms with Crippen molar-refractivity contribution in [2.24, 2.45) is 11.8 Å². The van der Waals surface area contributed by atoms with Crippen molar-refractivity contribution in [1.29, 1.82) is 0 Å². The Bertz CT molecular complexity index is 707. The zero-order valence-corrected chi connectivity index (χ0v) is 10.6. The van der Waals surface area contributed by atoms with Crippen LogP contribution in [0.1, 0.15) is 37.4 Å². The number of aromatic nitrogens is 4. The molecule has 2 aliphatic rings. The molecule has 0 atom stereocenters. The molecule has 3 N–H and O–H groups in total. The highest BCUT2D eigenvalue weighted by molar-refractivity contribution is 7.71. The Hall–Kier alpha value is -1.43. The summed E-state index contributed by atoms with van der Waals surface area (Å²) in [5.41, 5.74) is 0.924. The molecule has 0 saturated heterocycles. The molecule has 0 unspecified atom stereocenters. The Morgan fingerprint density at radius 1 is 1.11 bits per heavy atom. The molecule has 5 nitrogen and oxygen atoms in total. The van der Waals surface area contributed by atoms with Gasteiger partial charge in [-0.15, -0.1) is 0 Å². The summed E-state index contributed by atoms with van der Waals surface area (Å²) in [4.78, 5) is 25.1. The molecule has 2 saturated carbocycles. The number of H-pyrrole nitrogens is 3. The molecule has 0 bridgehead atoms. The van der Waals surface area contributed by atoms with Gasteiger partial charge < -0.3 is 9.97 Å². The fourth-order valence-corrected chi connectivity index (χ4v) is 3.04. The van der Waals surface area contributed by atoms with E-state index in [1.807, 2.05) is 0 Å². The van der Waals surface area contributed by atoms with E-state index >= 15 is 0 Å². The van der Waals surface area contributed by atoms with E-state index in [-0.39, 0.29) is 5.56 Å². The van der Waals surface area contributed by atoms with Gasteiger partial charge in [0.2, 0.25) is 0 Å². The SMILES string of the molecule is O=c1[nH]c(=S)[nH]c2nc(C(C3CC3)C3CC3)[nH]c12. The number of fused-ring (bicyclic) bond motifs is 1. The molecule has 0 aromatic carbocycles. The number of hydrogen-bond acceptors (Lipinski definition) is 3. The summed E-state index contributed by atoms with van der Waals surface area (Å²) in [7, 11) is 0. The molecule has 0 aliphatic heterocycles. The van der Waals surface area contributed by atoms with Gasteiger partial charge in [0.1, 0.15) is 11.3 Å². The normalized spacial score (nSPS) is 19.8. The summed E-state index contributed by atoms with van der Waals surface area (Å²) >= 11 is 4.96. The molecule has 0 amide bonds. The third kappa shape index (κ3) is 1.63. The largest absolute Gasteiger partial charge is 0.336 e. The molecule has 94 valence electrons. The Balaban J connectivity index is 1.87. The highest BCUT2D eigenvalue weighted by Crippen LogP contribution is 2.53. The van der Waals surface area contributed by atoms with E-state index in [1.54, 1.807) is 0 Å². The van der Waals surface area contributed by atoms with E-state index in [0.29, 0.717) is 21.9 Å². The van der Waals surface area contributed by atoms with Crippen molar-refractivity contribution in [2.75, 3.05) is 0 Å². The molecule has 6 heteroatoms. The summed E-state index contributed by atoms with van der Waals surface area (Å²) in [6, 6.07) is 0. The van der Waals surface area contributed by atoms with Gasteiger partial charge in [0.05, 0.1) is 0 Å². The van der Waals surface area contributed by atoms with Gasteiger partial charge in [-0.25, -0.2) is 4.98 Å². The average molecular weight is 262 g/mol. The fourth-order valence-electron chi connectivity index (χ4n) is 2.85. The van der Waals surface area contributed by atoms with Crippen LogP contribution in [0.2, 0.25) is 0 Å². The second kappa shape index (κ2) is 3.54. The van der Waals surface area contributed by atoms with Gasteiger partial charge in [0, 0.05) is 5.92 Å².